The summed E-state index contributed by atoms with van der Waals surface area (Å²) in [4.78, 5) is 28.7. The first kappa shape index (κ1) is 27.6. The number of rotatable bonds is 11. The molecule has 1 N–H and O–H groups in total. The molecule has 0 aliphatic carbocycles. The molecule has 8 heteroatoms. The monoisotopic (exact) mass is 535 g/mol. The zero-order valence-electron chi connectivity index (χ0n) is 22.6. The van der Waals surface area contributed by atoms with Crippen molar-refractivity contribution in [1.82, 2.24) is 10.2 Å². The van der Waals surface area contributed by atoms with Crippen LogP contribution in [0.15, 0.2) is 65.6 Å². The Labute approximate surface area is 225 Å². The predicted octanol–water partition coefficient (Wildman–Crippen LogP) is 5.16. The third-order valence-corrected chi connectivity index (χ3v) is 9.11. The largest absolute Gasteiger partial charge is 0.352 e. The van der Waals surface area contributed by atoms with Crippen molar-refractivity contribution in [1.29, 1.82) is 0 Å². The number of hydrogen-bond donors (Lipinski definition) is 1. The molecule has 2 atom stereocenters. The molecule has 0 saturated carbocycles. The van der Waals surface area contributed by atoms with E-state index in [2.05, 4.69) is 5.32 Å². The van der Waals surface area contributed by atoms with Crippen molar-refractivity contribution in [2.45, 2.75) is 76.9 Å². The summed E-state index contributed by atoms with van der Waals surface area (Å²) in [5.41, 5.74) is 2.69. The van der Waals surface area contributed by atoms with E-state index in [1.54, 1.807) is 17.0 Å². The fourth-order valence-corrected chi connectivity index (χ4v) is 6.83. The highest BCUT2D eigenvalue weighted by Gasteiger charge is 2.35. The molecule has 0 unspecified atom stereocenters. The van der Waals surface area contributed by atoms with E-state index in [1.807, 2.05) is 76.2 Å². The fraction of sp³-hybridized carbons (Fsp3) is 0.400. The molecule has 0 fully saturated rings. The lowest BCUT2D eigenvalue weighted by Gasteiger charge is -2.32. The predicted molar refractivity (Wildman–Crippen MR) is 151 cm³/mol. The van der Waals surface area contributed by atoms with E-state index < -0.39 is 16.1 Å². The standard InChI is InChI=1S/C30H37N3O4S/c1-5-22(4)31-30(35)25(6-2)32(20-23-12-7-11-21(3)19-23)28(34)17-10-18-33-26-15-8-13-24-14-9-16-27(29(24)26)38(33,36)37/h7-9,11-16,19,22,25H,5-6,10,17-18,20H2,1-4H3,(H,31,35)/t22-,25-/m1/s1. The molecular formula is C30H37N3O4S. The molecule has 4 rings (SSSR count). The van der Waals surface area contributed by atoms with Gasteiger partial charge in [-0.2, -0.15) is 0 Å². The quantitative estimate of drug-likeness (QED) is 0.368. The van der Waals surface area contributed by atoms with E-state index in [0.29, 0.717) is 30.0 Å². The maximum atomic E-state index is 13.6. The van der Waals surface area contributed by atoms with Crippen LogP contribution in [0.25, 0.3) is 10.8 Å². The lowest BCUT2D eigenvalue weighted by molar-refractivity contribution is -0.141. The van der Waals surface area contributed by atoms with E-state index >= 15 is 0 Å². The molecular weight excluding hydrogens is 498 g/mol. The number of carbonyl (C=O) groups excluding carboxylic acids is 2. The molecule has 0 spiro atoms. The van der Waals surface area contributed by atoms with Crippen LogP contribution in [0.3, 0.4) is 0 Å². The Morgan fingerprint density at radius 1 is 1.00 bits per heavy atom. The molecule has 3 aromatic rings. The second-order valence-corrected chi connectivity index (χ2v) is 11.9. The first-order valence-electron chi connectivity index (χ1n) is 13.4. The Hall–Kier alpha value is -3.39. The number of nitrogens with zero attached hydrogens (tertiary/aromatic N) is 2. The molecule has 38 heavy (non-hydrogen) atoms. The van der Waals surface area contributed by atoms with E-state index in [4.69, 9.17) is 0 Å². The summed E-state index contributed by atoms with van der Waals surface area (Å²) < 4.78 is 28.0. The number of amides is 2. The van der Waals surface area contributed by atoms with Crippen LogP contribution in [0.5, 0.6) is 0 Å². The van der Waals surface area contributed by atoms with Gasteiger partial charge in [0.2, 0.25) is 11.8 Å². The molecule has 1 aliphatic rings. The molecule has 1 heterocycles. The van der Waals surface area contributed by atoms with Gasteiger partial charge in [0.25, 0.3) is 10.0 Å². The van der Waals surface area contributed by atoms with Crippen molar-refractivity contribution in [3.8, 4) is 0 Å². The van der Waals surface area contributed by atoms with Crippen LogP contribution >= 0.6 is 0 Å². The van der Waals surface area contributed by atoms with Gasteiger partial charge in [-0.3, -0.25) is 13.9 Å². The normalized spacial score (nSPS) is 15.3. The smallest absolute Gasteiger partial charge is 0.265 e. The fourth-order valence-electron chi connectivity index (χ4n) is 5.08. The van der Waals surface area contributed by atoms with Gasteiger partial charge in [0.1, 0.15) is 6.04 Å². The first-order chi connectivity index (χ1) is 18.2. The van der Waals surface area contributed by atoms with E-state index in [1.165, 1.54) is 4.31 Å². The molecule has 2 amide bonds. The third kappa shape index (κ3) is 5.55. The number of carbonyl (C=O) groups is 2. The minimum Gasteiger partial charge on any atom is -0.352 e. The highest BCUT2D eigenvalue weighted by atomic mass is 32.2. The van der Waals surface area contributed by atoms with Crippen LogP contribution in [-0.2, 0) is 26.2 Å². The van der Waals surface area contributed by atoms with Gasteiger partial charge in [-0.15, -0.1) is 0 Å². The molecule has 0 bridgehead atoms. The van der Waals surface area contributed by atoms with Gasteiger partial charge < -0.3 is 10.2 Å². The van der Waals surface area contributed by atoms with Crippen molar-refractivity contribution < 1.29 is 18.0 Å². The average molecular weight is 536 g/mol. The van der Waals surface area contributed by atoms with Gasteiger partial charge in [-0.25, -0.2) is 8.42 Å². The third-order valence-electron chi connectivity index (χ3n) is 7.26. The summed E-state index contributed by atoms with van der Waals surface area (Å²) in [7, 11) is -3.68. The Morgan fingerprint density at radius 3 is 2.39 bits per heavy atom. The summed E-state index contributed by atoms with van der Waals surface area (Å²) in [6.07, 6.45) is 1.76. The van der Waals surface area contributed by atoms with Crippen LogP contribution in [0.1, 0.15) is 57.6 Å². The highest BCUT2D eigenvalue weighted by molar-refractivity contribution is 7.93. The van der Waals surface area contributed by atoms with Crippen LogP contribution in [0.2, 0.25) is 0 Å². The summed E-state index contributed by atoms with van der Waals surface area (Å²) >= 11 is 0. The van der Waals surface area contributed by atoms with E-state index in [0.717, 1.165) is 28.3 Å². The average Bonchev–Trinajstić information content (AvgIpc) is 3.11. The van der Waals surface area contributed by atoms with Gasteiger partial charge in [0.15, 0.2) is 0 Å². The molecule has 202 valence electrons. The maximum Gasteiger partial charge on any atom is 0.265 e. The zero-order valence-corrected chi connectivity index (χ0v) is 23.4. The number of aryl methyl sites for hydroxylation is 1. The molecule has 7 nitrogen and oxygen atoms in total. The minimum atomic E-state index is -3.68. The summed E-state index contributed by atoms with van der Waals surface area (Å²) in [6.45, 7) is 8.37. The zero-order chi connectivity index (χ0) is 27.4. The Morgan fingerprint density at radius 2 is 1.71 bits per heavy atom. The summed E-state index contributed by atoms with van der Waals surface area (Å²) in [6, 6.07) is 18.2. The van der Waals surface area contributed by atoms with E-state index in [9.17, 15) is 18.0 Å². The second kappa shape index (κ2) is 11.6. The topological polar surface area (TPSA) is 86.8 Å². The number of nitrogens with one attached hydrogen (secondary N) is 1. The number of anilines is 1. The minimum absolute atomic E-state index is 0.0113. The second-order valence-electron chi connectivity index (χ2n) is 10.1. The summed E-state index contributed by atoms with van der Waals surface area (Å²) in [5.74, 6) is -0.322. The van der Waals surface area contributed by atoms with Gasteiger partial charge in [0, 0.05) is 30.9 Å². The van der Waals surface area contributed by atoms with E-state index in [-0.39, 0.29) is 30.8 Å². The van der Waals surface area contributed by atoms with Gasteiger partial charge in [0.05, 0.1) is 10.6 Å². The van der Waals surface area contributed by atoms with Crippen molar-refractivity contribution in [3.63, 3.8) is 0 Å². The Balaban J connectivity index is 1.52. The van der Waals surface area contributed by atoms with Crippen molar-refractivity contribution in [3.05, 3.63) is 71.8 Å². The molecule has 0 saturated heterocycles. The summed E-state index contributed by atoms with van der Waals surface area (Å²) in [5, 5.41) is 4.64. The van der Waals surface area contributed by atoms with Crippen LogP contribution in [-0.4, -0.2) is 43.8 Å². The van der Waals surface area contributed by atoms with Gasteiger partial charge in [-0.1, -0.05) is 67.9 Å². The van der Waals surface area contributed by atoms with Crippen molar-refractivity contribution >= 4 is 38.3 Å². The van der Waals surface area contributed by atoms with Gasteiger partial charge in [-0.05, 0) is 56.2 Å². The van der Waals surface area contributed by atoms with Gasteiger partial charge >= 0.3 is 0 Å². The van der Waals surface area contributed by atoms with Crippen LogP contribution in [0.4, 0.5) is 5.69 Å². The number of hydrogen-bond acceptors (Lipinski definition) is 4. The molecule has 0 aromatic heterocycles. The lowest BCUT2D eigenvalue weighted by atomic mass is 10.1. The molecule has 0 radical (unpaired) electrons. The Kier molecular flexibility index (Phi) is 8.41. The lowest BCUT2D eigenvalue weighted by Crippen LogP contribution is -2.50. The van der Waals surface area contributed by atoms with Crippen molar-refractivity contribution in [2.75, 3.05) is 10.8 Å². The number of sulfonamides is 1. The van der Waals surface area contributed by atoms with Crippen molar-refractivity contribution in [2.24, 2.45) is 0 Å². The number of benzene rings is 3. The molecule has 3 aromatic carbocycles. The Bertz CT molecular complexity index is 1430. The maximum absolute atomic E-state index is 13.6. The molecule has 1 aliphatic heterocycles. The van der Waals surface area contributed by atoms with Crippen LogP contribution in [0, 0.1) is 6.92 Å². The SMILES string of the molecule is CC[C@@H](C)NC(=O)[C@@H](CC)N(Cc1cccc(C)c1)C(=O)CCCN1c2cccc3cccc(c23)S1(=O)=O. The van der Waals surface area contributed by atoms with Crippen LogP contribution < -0.4 is 9.62 Å². The highest BCUT2D eigenvalue weighted by Crippen LogP contribution is 2.42. The first-order valence-corrected chi connectivity index (χ1v) is 14.8.